The predicted octanol–water partition coefficient (Wildman–Crippen LogP) is 4.04. The second kappa shape index (κ2) is 9.00. The van der Waals surface area contributed by atoms with Crippen LogP contribution < -0.4 is 0 Å². The summed E-state index contributed by atoms with van der Waals surface area (Å²) in [6.45, 7) is 4.00. The number of fused-ring (bicyclic) bond motifs is 1. The van der Waals surface area contributed by atoms with Crippen LogP contribution in [0.1, 0.15) is 49.9 Å². The van der Waals surface area contributed by atoms with Gasteiger partial charge in [0, 0.05) is 24.7 Å². The molecule has 0 amide bonds. The average Bonchev–Trinajstić information content (AvgIpc) is 3.16. The van der Waals surface area contributed by atoms with E-state index in [2.05, 4.69) is 0 Å². The third-order valence-corrected chi connectivity index (χ3v) is 5.27. The van der Waals surface area contributed by atoms with E-state index in [1.54, 1.807) is 36.4 Å². The van der Waals surface area contributed by atoms with Crippen LogP contribution in [0.25, 0.3) is 0 Å². The molecule has 0 radical (unpaired) electrons. The van der Waals surface area contributed by atoms with Crippen LogP contribution >= 0.6 is 0 Å². The summed E-state index contributed by atoms with van der Waals surface area (Å²) in [7, 11) is 0. The van der Waals surface area contributed by atoms with Crippen molar-refractivity contribution >= 4 is 17.7 Å². The maximum absolute atomic E-state index is 12.4. The van der Waals surface area contributed by atoms with Crippen molar-refractivity contribution in [2.75, 3.05) is 0 Å². The molecular formula is C23H26O5. The van der Waals surface area contributed by atoms with E-state index in [1.165, 1.54) is 5.57 Å². The Morgan fingerprint density at radius 3 is 2.68 bits per heavy atom. The molecule has 28 heavy (non-hydrogen) atoms. The van der Waals surface area contributed by atoms with Gasteiger partial charge in [-0.15, -0.1) is 0 Å². The van der Waals surface area contributed by atoms with Crippen LogP contribution in [0.3, 0.4) is 0 Å². The first-order valence-corrected chi connectivity index (χ1v) is 9.74. The zero-order valence-electron chi connectivity index (χ0n) is 16.3. The standard InChI is InChI=1S/C23H26O5/c1-15(2)7-6-10-17(24)11-12-18-19-13-22(25)27-21(19)14-20(18)28-23(26)16-8-4-3-5-9-16/h3-5,7-9,11-12,18-21H,6,10,13-14H2,1-2H3/b12-11+/t18-,19-,20-,21+/m1/s1. The van der Waals surface area contributed by atoms with Crippen LogP contribution in [0.5, 0.6) is 0 Å². The Hall–Kier alpha value is -2.69. The number of carbonyl (C=O) groups is 3. The third kappa shape index (κ3) is 4.97. The van der Waals surface area contributed by atoms with Crippen LogP contribution in [0.4, 0.5) is 0 Å². The maximum atomic E-state index is 12.4. The van der Waals surface area contributed by atoms with Crippen LogP contribution in [-0.4, -0.2) is 29.9 Å². The van der Waals surface area contributed by atoms with Crippen LogP contribution in [0, 0.1) is 11.8 Å². The lowest BCUT2D eigenvalue weighted by molar-refractivity contribution is -0.141. The fraction of sp³-hybridized carbons (Fsp3) is 0.435. The normalized spacial score (nSPS) is 26.0. The van der Waals surface area contributed by atoms with Gasteiger partial charge in [0.25, 0.3) is 0 Å². The van der Waals surface area contributed by atoms with Crippen molar-refractivity contribution in [2.45, 2.75) is 51.7 Å². The van der Waals surface area contributed by atoms with Crippen LogP contribution in [0.15, 0.2) is 54.1 Å². The maximum Gasteiger partial charge on any atom is 0.338 e. The lowest BCUT2D eigenvalue weighted by Gasteiger charge is -2.20. The highest BCUT2D eigenvalue weighted by atomic mass is 16.6. The molecule has 0 spiro atoms. The molecule has 1 saturated carbocycles. The number of esters is 2. The Morgan fingerprint density at radius 2 is 1.96 bits per heavy atom. The van der Waals surface area contributed by atoms with Crippen molar-refractivity contribution in [1.82, 2.24) is 0 Å². The zero-order chi connectivity index (χ0) is 20.1. The van der Waals surface area contributed by atoms with Gasteiger partial charge in [-0.2, -0.15) is 0 Å². The largest absolute Gasteiger partial charge is 0.462 e. The number of ketones is 1. The average molecular weight is 382 g/mol. The number of allylic oxidation sites excluding steroid dienone is 3. The monoisotopic (exact) mass is 382 g/mol. The summed E-state index contributed by atoms with van der Waals surface area (Å²) in [6.07, 6.45) is 6.65. The lowest BCUT2D eigenvalue weighted by Crippen LogP contribution is -2.24. The molecule has 4 atom stereocenters. The molecule has 1 aliphatic heterocycles. The number of ether oxygens (including phenoxy) is 2. The molecule has 1 saturated heterocycles. The number of benzene rings is 1. The van der Waals surface area contributed by atoms with Gasteiger partial charge in [-0.25, -0.2) is 4.79 Å². The summed E-state index contributed by atoms with van der Waals surface area (Å²) in [5.41, 5.74) is 1.67. The fourth-order valence-electron chi connectivity index (χ4n) is 3.87. The summed E-state index contributed by atoms with van der Waals surface area (Å²) in [5.74, 6) is -0.847. The van der Waals surface area contributed by atoms with Crippen molar-refractivity contribution in [3.8, 4) is 0 Å². The first-order chi connectivity index (χ1) is 13.4. The van der Waals surface area contributed by atoms with Gasteiger partial charge in [0.15, 0.2) is 5.78 Å². The van der Waals surface area contributed by atoms with E-state index in [4.69, 9.17) is 9.47 Å². The summed E-state index contributed by atoms with van der Waals surface area (Å²) in [6, 6.07) is 8.81. The Labute approximate surface area is 165 Å². The summed E-state index contributed by atoms with van der Waals surface area (Å²) >= 11 is 0. The van der Waals surface area contributed by atoms with E-state index < -0.39 is 12.1 Å². The molecule has 1 aliphatic carbocycles. The minimum atomic E-state index is -0.405. The second-order valence-corrected chi connectivity index (χ2v) is 7.66. The van der Waals surface area contributed by atoms with Crippen LogP contribution in [0.2, 0.25) is 0 Å². The summed E-state index contributed by atoms with van der Waals surface area (Å²) in [5, 5.41) is 0. The smallest absolute Gasteiger partial charge is 0.338 e. The molecule has 3 rings (SSSR count). The van der Waals surface area contributed by atoms with E-state index in [0.717, 1.165) is 0 Å². The van der Waals surface area contributed by atoms with Gasteiger partial charge in [0.2, 0.25) is 0 Å². The Bertz CT molecular complexity index is 788. The van der Waals surface area contributed by atoms with Crippen molar-refractivity contribution in [2.24, 2.45) is 11.8 Å². The molecule has 0 aromatic heterocycles. The molecule has 2 fully saturated rings. The highest BCUT2D eigenvalue weighted by molar-refractivity contribution is 5.90. The number of carbonyl (C=O) groups excluding carboxylic acids is 3. The zero-order valence-corrected chi connectivity index (χ0v) is 16.3. The highest BCUT2D eigenvalue weighted by Gasteiger charge is 2.50. The molecule has 1 heterocycles. The predicted molar refractivity (Wildman–Crippen MR) is 105 cm³/mol. The third-order valence-electron chi connectivity index (χ3n) is 5.27. The van der Waals surface area contributed by atoms with E-state index in [9.17, 15) is 14.4 Å². The minimum Gasteiger partial charge on any atom is -0.462 e. The molecule has 0 bridgehead atoms. The number of hydrogen-bond acceptors (Lipinski definition) is 5. The Morgan fingerprint density at radius 1 is 1.21 bits per heavy atom. The first kappa shape index (κ1) is 20.1. The molecule has 2 aliphatic rings. The highest BCUT2D eigenvalue weighted by Crippen LogP contribution is 2.43. The number of rotatable bonds is 7. The summed E-state index contributed by atoms with van der Waals surface area (Å²) < 4.78 is 11.1. The van der Waals surface area contributed by atoms with E-state index in [-0.39, 0.29) is 29.7 Å². The van der Waals surface area contributed by atoms with Crippen molar-refractivity contribution in [3.63, 3.8) is 0 Å². The molecule has 5 nitrogen and oxygen atoms in total. The van der Waals surface area contributed by atoms with Crippen molar-refractivity contribution in [3.05, 3.63) is 59.7 Å². The molecule has 0 N–H and O–H groups in total. The van der Waals surface area contributed by atoms with Crippen molar-refractivity contribution < 1.29 is 23.9 Å². The van der Waals surface area contributed by atoms with Crippen molar-refractivity contribution in [1.29, 1.82) is 0 Å². The van der Waals surface area contributed by atoms with Gasteiger partial charge in [-0.05, 0) is 38.5 Å². The second-order valence-electron chi connectivity index (χ2n) is 7.66. The molecule has 1 aromatic carbocycles. The van der Waals surface area contributed by atoms with Gasteiger partial charge < -0.3 is 9.47 Å². The number of hydrogen-bond donors (Lipinski definition) is 0. The van der Waals surface area contributed by atoms with Crippen LogP contribution in [-0.2, 0) is 19.1 Å². The topological polar surface area (TPSA) is 69.7 Å². The Balaban J connectivity index is 1.68. The molecule has 148 valence electrons. The first-order valence-electron chi connectivity index (χ1n) is 9.74. The van der Waals surface area contributed by atoms with Gasteiger partial charge in [0.1, 0.15) is 12.2 Å². The van der Waals surface area contributed by atoms with Gasteiger partial charge in [-0.3, -0.25) is 9.59 Å². The summed E-state index contributed by atoms with van der Waals surface area (Å²) in [4.78, 5) is 36.3. The minimum absolute atomic E-state index is 0.0272. The quantitative estimate of drug-likeness (QED) is 0.404. The SMILES string of the molecule is CC(C)=CCCC(=O)/C=C/[C@@H]1[C@H]2CC(=O)O[C@H]2C[C@H]1OC(=O)c1ccccc1. The van der Waals surface area contributed by atoms with E-state index >= 15 is 0 Å². The van der Waals surface area contributed by atoms with Gasteiger partial charge in [-0.1, -0.05) is 35.9 Å². The Kier molecular flexibility index (Phi) is 6.45. The van der Waals surface area contributed by atoms with Gasteiger partial charge >= 0.3 is 11.9 Å². The van der Waals surface area contributed by atoms with Gasteiger partial charge in [0.05, 0.1) is 12.0 Å². The fourth-order valence-corrected chi connectivity index (χ4v) is 3.87. The molecule has 1 aromatic rings. The van der Waals surface area contributed by atoms with E-state index in [1.807, 2.05) is 26.0 Å². The molecular weight excluding hydrogens is 356 g/mol. The molecule has 5 heteroatoms. The lowest BCUT2D eigenvalue weighted by atomic mass is 9.91. The molecule has 0 unspecified atom stereocenters. The van der Waals surface area contributed by atoms with E-state index in [0.29, 0.717) is 31.2 Å².